The molecule has 2 aromatic carbocycles. The van der Waals surface area contributed by atoms with Crippen LogP contribution in [0.3, 0.4) is 0 Å². The van der Waals surface area contributed by atoms with E-state index in [1.807, 2.05) is 11.8 Å². The molecule has 0 atom stereocenters. The van der Waals surface area contributed by atoms with Crippen molar-refractivity contribution < 1.29 is 0 Å². The number of rotatable bonds is 2. The van der Waals surface area contributed by atoms with E-state index >= 15 is 0 Å². The molecule has 0 bridgehead atoms. The minimum absolute atomic E-state index is 1.17. The maximum atomic E-state index is 2.42. The van der Waals surface area contributed by atoms with Crippen molar-refractivity contribution in [3.05, 3.63) is 57.0 Å². The van der Waals surface area contributed by atoms with E-state index < -0.39 is 0 Å². The summed E-state index contributed by atoms with van der Waals surface area (Å²) in [6.45, 7) is 0. The van der Waals surface area contributed by atoms with Crippen LogP contribution >= 0.6 is 34.4 Å². The molecule has 0 spiro atoms. The number of hydrogen-bond acceptors (Lipinski definition) is 1. The Morgan fingerprint density at radius 1 is 0.947 bits per heavy atom. The maximum Gasteiger partial charge on any atom is 0.140 e. The van der Waals surface area contributed by atoms with Crippen molar-refractivity contribution in [2.75, 3.05) is 0 Å². The van der Waals surface area contributed by atoms with Crippen LogP contribution in [-0.2, 0) is 0 Å². The highest BCUT2D eigenvalue weighted by molar-refractivity contribution is 14.1. The first-order valence-corrected chi connectivity index (χ1v) is 8.35. The molecule has 19 heavy (non-hydrogen) atoms. The second kappa shape index (κ2) is 5.75. The van der Waals surface area contributed by atoms with Crippen LogP contribution in [0.1, 0.15) is 12.8 Å². The van der Waals surface area contributed by atoms with E-state index in [9.17, 15) is 0 Å². The monoisotopic (exact) mass is 376 g/mol. The first-order valence-electron chi connectivity index (χ1n) is 6.45. The van der Waals surface area contributed by atoms with Crippen LogP contribution < -0.4 is 5.46 Å². The van der Waals surface area contributed by atoms with Crippen LogP contribution in [-0.4, -0.2) is 7.85 Å². The molecule has 0 heterocycles. The molecule has 0 amide bonds. The Morgan fingerprint density at radius 3 is 2.47 bits per heavy atom. The van der Waals surface area contributed by atoms with Gasteiger partial charge in [0.15, 0.2) is 0 Å². The molecule has 2 aromatic rings. The van der Waals surface area contributed by atoms with Gasteiger partial charge in [0.2, 0.25) is 0 Å². The van der Waals surface area contributed by atoms with Gasteiger partial charge in [0.1, 0.15) is 7.85 Å². The predicted octanol–water partition coefficient (Wildman–Crippen LogP) is 4.19. The normalized spacial score (nSPS) is 15.2. The molecule has 0 unspecified atom stereocenters. The van der Waals surface area contributed by atoms with Crippen molar-refractivity contribution >= 4 is 58.4 Å². The minimum atomic E-state index is 1.17. The Hall–Kier alpha value is -0.675. The van der Waals surface area contributed by atoms with Crippen LogP contribution in [0.15, 0.2) is 61.9 Å². The molecule has 3 heteroatoms. The lowest BCUT2D eigenvalue weighted by Gasteiger charge is -2.13. The quantitative estimate of drug-likeness (QED) is 0.560. The SMILES string of the molecule is Bc1ccc(SC2=CC=C(I)CC2)c2ccccc12. The van der Waals surface area contributed by atoms with Crippen molar-refractivity contribution in [3.63, 3.8) is 0 Å². The number of thioether (sulfide) groups is 1. The Bertz CT molecular complexity index is 688. The van der Waals surface area contributed by atoms with Crippen LogP contribution in [0, 0.1) is 0 Å². The van der Waals surface area contributed by atoms with Crippen molar-refractivity contribution in [2.24, 2.45) is 0 Å². The molecular formula is C16H14BIS. The van der Waals surface area contributed by atoms with E-state index in [1.165, 1.54) is 42.5 Å². The summed E-state index contributed by atoms with van der Waals surface area (Å²) in [5.74, 6) is 0. The Labute approximate surface area is 132 Å². The summed E-state index contributed by atoms with van der Waals surface area (Å²) in [5, 5.41) is 2.74. The van der Waals surface area contributed by atoms with Crippen molar-refractivity contribution in [3.8, 4) is 0 Å². The molecule has 0 saturated carbocycles. The molecule has 0 fully saturated rings. The van der Waals surface area contributed by atoms with E-state index in [1.54, 1.807) is 0 Å². The molecule has 0 nitrogen and oxygen atoms in total. The second-order valence-electron chi connectivity index (χ2n) is 4.77. The van der Waals surface area contributed by atoms with Crippen molar-refractivity contribution in [1.29, 1.82) is 0 Å². The average Bonchev–Trinajstić information content (AvgIpc) is 2.45. The lowest BCUT2D eigenvalue weighted by atomic mass is 9.90. The maximum absolute atomic E-state index is 2.42. The summed E-state index contributed by atoms with van der Waals surface area (Å²) >= 11 is 4.34. The molecule has 3 rings (SSSR count). The van der Waals surface area contributed by atoms with Gasteiger partial charge in [0.25, 0.3) is 0 Å². The van der Waals surface area contributed by atoms with Gasteiger partial charge in [0.05, 0.1) is 0 Å². The van der Waals surface area contributed by atoms with Crippen molar-refractivity contribution in [1.82, 2.24) is 0 Å². The number of fused-ring (bicyclic) bond motifs is 1. The molecular weight excluding hydrogens is 362 g/mol. The molecule has 1 aliphatic carbocycles. The largest absolute Gasteiger partial charge is 0.140 e. The van der Waals surface area contributed by atoms with E-state index in [4.69, 9.17) is 0 Å². The van der Waals surface area contributed by atoms with Crippen molar-refractivity contribution in [2.45, 2.75) is 17.7 Å². The van der Waals surface area contributed by atoms with Crippen LogP contribution in [0.5, 0.6) is 0 Å². The van der Waals surface area contributed by atoms with Gasteiger partial charge in [-0.25, -0.2) is 0 Å². The summed E-state index contributed by atoms with van der Waals surface area (Å²) in [4.78, 5) is 2.84. The highest BCUT2D eigenvalue weighted by Gasteiger charge is 2.09. The molecule has 1 aliphatic rings. The third kappa shape index (κ3) is 2.92. The molecule has 0 aromatic heterocycles. The minimum Gasteiger partial charge on any atom is -0.0939 e. The van der Waals surface area contributed by atoms with Gasteiger partial charge in [-0.1, -0.05) is 59.7 Å². The molecule has 0 aliphatic heterocycles. The molecule has 94 valence electrons. The summed E-state index contributed by atoms with van der Waals surface area (Å²) in [6.07, 6.45) is 6.86. The second-order valence-corrected chi connectivity index (χ2v) is 7.33. The Kier molecular flexibility index (Phi) is 4.03. The number of hydrogen-bond donors (Lipinski definition) is 0. The first kappa shape index (κ1) is 13.3. The van der Waals surface area contributed by atoms with E-state index in [0.717, 1.165) is 0 Å². The standard InChI is InChI=1S/C16H14BIS/c17-15-9-10-16(14-4-2-1-3-13(14)15)19-12-7-5-11(18)6-8-12/h1-5,7,9-10H,6,8,17H2. The van der Waals surface area contributed by atoms with Crippen LogP contribution in [0.25, 0.3) is 10.8 Å². The summed E-state index contributed by atoms with van der Waals surface area (Å²) in [6, 6.07) is 13.2. The fraction of sp³-hybridized carbons (Fsp3) is 0.125. The van der Waals surface area contributed by atoms with Gasteiger partial charge in [-0.15, -0.1) is 0 Å². The zero-order chi connectivity index (χ0) is 13.2. The lowest BCUT2D eigenvalue weighted by Crippen LogP contribution is -2.03. The van der Waals surface area contributed by atoms with E-state index in [0.29, 0.717) is 0 Å². The number of halogens is 1. The van der Waals surface area contributed by atoms with Crippen LogP contribution in [0.4, 0.5) is 0 Å². The number of benzene rings is 2. The smallest absolute Gasteiger partial charge is 0.0939 e. The van der Waals surface area contributed by atoms with Gasteiger partial charge >= 0.3 is 0 Å². The average molecular weight is 376 g/mol. The van der Waals surface area contributed by atoms with E-state index in [-0.39, 0.29) is 0 Å². The lowest BCUT2D eigenvalue weighted by molar-refractivity contribution is 1.01. The summed E-state index contributed by atoms with van der Waals surface area (Å²) in [5.41, 5.74) is 1.35. The highest BCUT2D eigenvalue weighted by Crippen LogP contribution is 2.37. The number of allylic oxidation sites excluding steroid dienone is 4. The zero-order valence-electron chi connectivity index (χ0n) is 10.8. The third-order valence-corrected chi connectivity index (χ3v) is 5.48. The van der Waals surface area contributed by atoms with Crippen LogP contribution in [0.2, 0.25) is 0 Å². The van der Waals surface area contributed by atoms with Gasteiger partial charge < -0.3 is 0 Å². The van der Waals surface area contributed by atoms with Gasteiger partial charge in [-0.2, -0.15) is 0 Å². The topological polar surface area (TPSA) is 0 Å². The van der Waals surface area contributed by atoms with E-state index in [2.05, 4.69) is 79.0 Å². The molecule has 0 N–H and O–H groups in total. The fourth-order valence-electron chi connectivity index (χ4n) is 2.33. The Balaban J connectivity index is 2.00. The van der Waals surface area contributed by atoms with Gasteiger partial charge in [-0.3, -0.25) is 0 Å². The van der Waals surface area contributed by atoms with Gasteiger partial charge in [0, 0.05) is 4.90 Å². The van der Waals surface area contributed by atoms with Gasteiger partial charge in [-0.05, 0) is 60.8 Å². The summed E-state index contributed by atoms with van der Waals surface area (Å²) in [7, 11) is 2.18. The third-order valence-electron chi connectivity index (χ3n) is 3.40. The molecule has 0 radical (unpaired) electrons. The summed E-state index contributed by atoms with van der Waals surface area (Å²) < 4.78 is 1.45. The highest BCUT2D eigenvalue weighted by atomic mass is 127. The predicted molar refractivity (Wildman–Crippen MR) is 97.4 cm³/mol. The fourth-order valence-corrected chi connectivity index (χ4v) is 3.83. The molecule has 0 saturated heterocycles. The Morgan fingerprint density at radius 2 is 1.74 bits per heavy atom. The zero-order valence-corrected chi connectivity index (χ0v) is 13.8. The first-order chi connectivity index (χ1) is 9.24.